The Bertz CT molecular complexity index is 344. The lowest BCUT2D eigenvalue weighted by atomic mass is 10.0. The number of aliphatic carboxylic acids is 1. The van der Waals surface area contributed by atoms with Gasteiger partial charge in [0.05, 0.1) is 0 Å². The van der Waals surface area contributed by atoms with E-state index in [2.05, 4.69) is 15.4 Å². The highest BCUT2D eigenvalue weighted by Gasteiger charge is 2.18. The Kier molecular flexibility index (Phi) is 2.94. The summed E-state index contributed by atoms with van der Waals surface area (Å²) < 4.78 is 0. The van der Waals surface area contributed by atoms with E-state index in [1.165, 1.54) is 25.7 Å². The van der Waals surface area contributed by atoms with Gasteiger partial charge in [-0.15, -0.1) is 10.2 Å². The molecule has 0 saturated heterocycles. The Morgan fingerprint density at radius 2 is 2.20 bits per heavy atom. The number of aromatic nitrogens is 4. The third kappa shape index (κ3) is 2.74. The predicted octanol–water partition coefficient (Wildman–Crippen LogP) is 0.490. The Hall–Kier alpha value is -1.46. The third-order valence-corrected chi connectivity index (χ3v) is 2.72. The average molecular weight is 210 g/mol. The topological polar surface area (TPSA) is 80.9 Å². The van der Waals surface area contributed by atoms with Crippen molar-refractivity contribution >= 4 is 5.97 Å². The molecule has 0 spiro atoms. The summed E-state index contributed by atoms with van der Waals surface area (Å²) in [6.45, 7) is -0.211. The first-order valence-electron chi connectivity index (χ1n) is 5.22. The van der Waals surface area contributed by atoms with E-state index in [0.29, 0.717) is 11.7 Å². The Labute approximate surface area is 87.3 Å². The highest BCUT2D eigenvalue weighted by molar-refractivity contribution is 5.66. The van der Waals surface area contributed by atoms with E-state index in [0.717, 1.165) is 11.2 Å². The summed E-state index contributed by atoms with van der Waals surface area (Å²) >= 11 is 0. The molecule has 6 heteroatoms. The predicted molar refractivity (Wildman–Crippen MR) is 51.1 cm³/mol. The maximum atomic E-state index is 10.4. The summed E-state index contributed by atoms with van der Waals surface area (Å²) in [6.07, 6.45) is 5.86. The van der Waals surface area contributed by atoms with E-state index in [1.807, 2.05) is 0 Å². The summed E-state index contributed by atoms with van der Waals surface area (Å²) in [7, 11) is 0. The highest BCUT2D eigenvalue weighted by atomic mass is 16.4. The van der Waals surface area contributed by atoms with Crippen LogP contribution in [-0.2, 0) is 17.8 Å². The van der Waals surface area contributed by atoms with E-state index < -0.39 is 5.97 Å². The van der Waals surface area contributed by atoms with Crippen molar-refractivity contribution in [3.05, 3.63) is 5.82 Å². The molecule has 1 aromatic heterocycles. The number of hydrogen-bond acceptors (Lipinski definition) is 4. The first-order valence-corrected chi connectivity index (χ1v) is 5.22. The van der Waals surface area contributed by atoms with Crippen LogP contribution in [0.3, 0.4) is 0 Å². The fourth-order valence-electron chi connectivity index (χ4n) is 2.02. The molecule has 1 aliphatic rings. The van der Waals surface area contributed by atoms with Gasteiger partial charge in [-0.3, -0.25) is 4.79 Å². The largest absolute Gasteiger partial charge is 0.480 e. The van der Waals surface area contributed by atoms with E-state index in [-0.39, 0.29) is 6.54 Å². The van der Waals surface area contributed by atoms with Crippen LogP contribution >= 0.6 is 0 Å². The molecule has 0 unspecified atom stereocenters. The first-order chi connectivity index (χ1) is 7.24. The summed E-state index contributed by atoms with van der Waals surface area (Å²) in [5, 5.41) is 20.1. The molecule has 1 fully saturated rings. The number of hydrogen-bond donors (Lipinski definition) is 1. The number of carbonyl (C=O) groups is 1. The van der Waals surface area contributed by atoms with Crippen molar-refractivity contribution in [2.45, 2.75) is 38.6 Å². The zero-order chi connectivity index (χ0) is 10.7. The SMILES string of the molecule is O=C(O)Cn1nnc(CC2CCCC2)n1. The molecule has 1 aliphatic carbocycles. The monoisotopic (exact) mass is 210 g/mol. The molecule has 82 valence electrons. The van der Waals surface area contributed by atoms with Crippen LogP contribution in [0.4, 0.5) is 0 Å². The van der Waals surface area contributed by atoms with Crippen LogP contribution < -0.4 is 0 Å². The van der Waals surface area contributed by atoms with Crippen LogP contribution in [0.5, 0.6) is 0 Å². The third-order valence-electron chi connectivity index (χ3n) is 2.72. The molecule has 0 aliphatic heterocycles. The molecule has 1 N–H and O–H groups in total. The van der Waals surface area contributed by atoms with Crippen LogP contribution in [0.25, 0.3) is 0 Å². The minimum absolute atomic E-state index is 0.211. The number of carboxylic acids is 1. The molecule has 6 nitrogen and oxygen atoms in total. The zero-order valence-electron chi connectivity index (χ0n) is 8.46. The number of rotatable bonds is 4. The molecule has 0 amide bonds. The van der Waals surface area contributed by atoms with Crippen LogP contribution in [0.15, 0.2) is 0 Å². The molecule has 1 heterocycles. The van der Waals surface area contributed by atoms with Gasteiger partial charge in [-0.05, 0) is 11.1 Å². The van der Waals surface area contributed by atoms with Crippen molar-refractivity contribution in [1.29, 1.82) is 0 Å². The normalized spacial score (nSPS) is 17.1. The second-order valence-electron chi connectivity index (χ2n) is 3.98. The summed E-state index contributed by atoms with van der Waals surface area (Å²) in [6, 6.07) is 0. The molecular formula is C9H14N4O2. The molecule has 0 aromatic carbocycles. The summed E-state index contributed by atoms with van der Waals surface area (Å²) in [5.74, 6) is 0.385. The van der Waals surface area contributed by atoms with Gasteiger partial charge in [0.15, 0.2) is 12.4 Å². The van der Waals surface area contributed by atoms with Crippen molar-refractivity contribution in [1.82, 2.24) is 20.2 Å². The fraction of sp³-hybridized carbons (Fsp3) is 0.778. The van der Waals surface area contributed by atoms with Crippen molar-refractivity contribution in [3.63, 3.8) is 0 Å². The second-order valence-corrected chi connectivity index (χ2v) is 3.98. The second kappa shape index (κ2) is 4.37. The lowest BCUT2D eigenvalue weighted by Gasteiger charge is -2.02. The summed E-state index contributed by atoms with van der Waals surface area (Å²) in [5.41, 5.74) is 0. The lowest BCUT2D eigenvalue weighted by Crippen LogP contribution is -2.12. The van der Waals surface area contributed by atoms with Crippen molar-refractivity contribution in [2.75, 3.05) is 0 Å². The van der Waals surface area contributed by atoms with Gasteiger partial charge in [0.25, 0.3) is 0 Å². The molecule has 1 aromatic rings. The molecule has 15 heavy (non-hydrogen) atoms. The standard InChI is InChI=1S/C9H14N4O2/c14-9(15)6-13-11-8(10-12-13)5-7-3-1-2-4-7/h7H,1-6H2,(H,14,15). The smallest absolute Gasteiger partial charge is 0.327 e. The van der Waals surface area contributed by atoms with Gasteiger partial charge in [0.2, 0.25) is 0 Å². The molecule has 0 atom stereocenters. The maximum Gasteiger partial charge on any atom is 0.327 e. The zero-order valence-corrected chi connectivity index (χ0v) is 8.46. The van der Waals surface area contributed by atoms with Crippen LogP contribution in [0, 0.1) is 5.92 Å². The number of nitrogens with zero attached hydrogens (tertiary/aromatic N) is 4. The van der Waals surface area contributed by atoms with E-state index >= 15 is 0 Å². The molecular weight excluding hydrogens is 196 g/mol. The summed E-state index contributed by atoms with van der Waals surface area (Å²) in [4.78, 5) is 11.5. The minimum atomic E-state index is -0.945. The lowest BCUT2D eigenvalue weighted by molar-refractivity contribution is -0.138. The molecule has 0 radical (unpaired) electrons. The van der Waals surface area contributed by atoms with Crippen molar-refractivity contribution in [3.8, 4) is 0 Å². The van der Waals surface area contributed by atoms with E-state index in [4.69, 9.17) is 5.11 Å². The van der Waals surface area contributed by atoms with Gasteiger partial charge in [-0.2, -0.15) is 4.80 Å². The fourth-order valence-corrected chi connectivity index (χ4v) is 2.02. The van der Waals surface area contributed by atoms with Gasteiger partial charge in [-0.25, -0.2) is 0 Å². The van der Waals surface area contributed by atoms with Gasteiger partial charge >= 0.3 is 5.97 Å². The van der Waals surface area contributed by atoms with Crippen LogP contribution in [-0.4, -0.2) is 31.3 Å². The van der Waals surface area contributed by atoms with Crippen LogP contribution in [0.2, 0.25) is 0 Å². The quantitative estimate of drug-likeness (QED) is 0.782. The Morgan fingerprint density at radius 3 is 2.87 bits per heavy atom. The van der Waals surface area contributed by atoms with Crippen molar-refractivity contribution < 1.29 is 9.90 Å². The Balaban J connectivity index is 1.91. The van der Waals surface area contributed by atoms with Gasteiger partial charge < -0.3 is 5.11 Å². The van der Waals surface area contributed by atoms with Gasteiger partial charge in [-0.1, -0.05) is 25.7 Å². The molecule has 2 rings (SSSR count). The molecule has 0 bridgehead atoms. The van der Waals surface area contributed by atoms with Crippen LogP contribution in [0.1, 0.15) is 31.5 Å². The van der Waals surface area contributed by atoms with E-state index in [9.17, 15) is 4.79 Å². The number of tetrazole rings is 1. The van der Waals surface area contributed by atoms with Gasteiger partial charge in [0.1, 0.15) is 0 Å². The minimum Gasteiger partial charge on any atom is -0.480 e. The maximum absolute atomic E-state index is 10.4. The molecule has 1 saturated carbocycles. The first kappa shape index (κ1) is 10.1. The van der Waals surface area contributed by atoms with E-state index in [1.54, 1.807) is 0 Å². The number of carboxylic acid groups (broad SMARTS) is 1. The Morgan fingerprint density at radius 1 is 1.47 bits per heavy atom. The highest BCUT2D eigenvalue weighted by Crippen LogP contribution is 2.26. The average Bonchev–Trinajstić information content (AvgIpc) is 2.77. The van der Waals surface area contributed by atoms with Gasteiger partial charge in [0, 0.05) is 6.42 Å². The van der Waals surface area contributed by atoms with Crippen molar-refractivity contribution in [2.24, 2.45) is 5.92 Å².